The molecule has 0 unspecified atom stereocenters. The lowest BCUT2D eigenvalue weighted by molar-refractivity contribution is 0.296. The molecular weight excluding hydrogens is 226 g/mol. The Labute approximate surface area is 98.9 Å². The molecule has 0 bridgehead atoms. The van der Waals surface area contributed by atoms with E-state index in [0.29, 0.717) is 17.5 Å². The molecule has 0 aromatic carbocycles. The summed E-state index contributed by atoms with van der Waals surface area (Å²) in [7, 11) is 0. The van der Waals surface area contributed by atoms with Crippen LogP contribution in [-0.4, -0.2) is 21.1 Å². The number of ether oxygens (including phenoxy) is 1. The third kappa shape index (κ3) is 2.52. The van der Waals surface area contributed by atoms with Crippen LogP contribution in [0, 0.1) is 6.92 Å². The smallest absolute Gasteiger partial charge is 0.171 e. The molecule has 2 aromatic rings. The van der Waals surface area contributed by atoms with Crippen molar-refractivity contribution in [1.29, 1.82) is 0 Å². The highest BCUT2D eigenvalue weighted by Gasteiger charge is 2.01. The van der Waals surface area contributed by atoms with Gasteiger partial charge >= 0.3 is 0 Å². The largest absolute Gasteiger partial charge is 0.488 e. The van der Waals surface area contributed by atoms with Gasteiger partial charge < -0.3 is 9.30 Å². The monoisotopic (exact) mass is 237 g/mol. The van der Waals surface area contributed by atoms with Gasteiger partial charge in [0.1, 0.15) is 12.4 Å². The van der Waals surface area contributed by atoms with Crippen molar-refractivity contribution in [3.63, 3.8) is 0 Å². The highest BCUT2D eigenvalue weighted by atomic mass is 35.5. The van der Waals surface area contributed by atoms with Crippen LogP contribution < -0.4 is 4.74 Å². The second-order valence-electron chi connectivity index (χ2n) is 3.31. The zero-order valence-corrected chi connectivity index (χ0v) is 9.68. The molecule has 84 valence electrons. The van der Waals surface area contributed by atoms with E-state index in [0.717, 1.165) is 12.4 Å². The Hall–Kier alpha value is -1.55. The van der Waals surface area contributed by atoms with Crippen LogP contribution in [0.25, 0.3) is 0 Å². The van der Waals surface area contributed by atoms with E-state index in [4.69, 9.17) is 16.3 Å². The van der Waals surface area contributed by atoms with E-state index in [1.807, 2.05) is 17.7 Å². The van der Waals surface area contributed by atoms with E-state index in [2.05, 4.69) is 9.97 Å². The highest BCUT2D eigenvalue weighted by molar-refractivity contribution is 6.30. The number of hydrogen-bond acceptors (Lipinski definition) is 3. The molecule has 4 nitrogen and oxygen atoms in total. The zero-order chi connectivity index (χ0) is 11.4. The fourth-order valence-electron chi connectivity index (χ4n) is 1.37. The van der Waals surface area contributed by atoms with E-state index in [1.165, 1.54) is 0 Å². The molecule has 2 aromatic heterocycles. The average Bonchev–Trinajstić information content (AvgIpc) is 2.67. The third-order valence-electron chi connectivity index (χ3n) is 2.24. The minimum absolute atomic E-state index is 0.393. The minimum atomic E-state index is 0.393. The second kappa shape index (κ2) is 4.99. The molecule has 0 amide bonds. The second-order valence-corrected chi connectivity index (χ2v) is 3.67. The Kier molecular flexibility index (Phi) is 3.41. The normalized spacial score (nSPS) is 10.4. The molecule has 0 fully saturated rings. The van der Waals surface area contributed by atoms with Crippen molar-refractivity contribution in [2.45, 2.75) is 13.5 Å². The Morgan fingerprint density at radius 2 is 2.25 bits per heavy atom. The Morgan fingerprint density at radius 3 is 2.94 bits per heavy atom. The van der Waals surface area contributed by atoms with Gasteiger partial charge in [0.15, 0.2) is 10.9 Å². The molecule has 0 N–H and O–H groups in total. The zero-order valence-electron chi connectivity index (χ0n) is 8.93. The molecule has 0 atom stereocenters. The van der Waals surface area contributed by atoms with Gasteiger partial charge in [-0.05, 0) is 19.1 Å². The number of nitrogens with zero attached hydrogens (tertiary/aromatic N) is 3. The molecule has 5 heteroatoms. The quantitative estimate of drug-likeness (QED) is 0.767. The van der Waals surface area contributed by atoms with Crippen molar-refractivity contribution in [2.75, 3.05) is 6.61 Å². The summed E-state index contributed by atoms with van der Waals surface area (Å²) in [5.41, 5.74) is 0. The van der Waals surface area contributed by atoms with Crippen molar-refractivity contribution in [2.24, 2.45) is 0 Å². The van der Waals surface area contributed by atoms with Crippen LogP contribution in [0.15, 0.2) is 30.7 Å². The maximum absolute atomic E-state index is 5.86. The molecule has 0 aliphatic rings. The summed E-state index contributed by atoms with van der Waals surface area (Å²) < 4.78 is 7.54. The molecule has 2 rings (SSSR count). The Morgan fingerprint density at radius 1 is 1.38 bits per heavy atom. The molecule has 2 heterocycles. The number of halogens is 1. The van der Waals surface area contributed by atoms with Crippen molar-refractivity contribution in [3.05, 3.63) is 41.7 Å². The molecule has 0 saturated carbocycles. The van der Waals surface area contributed by atoms with Gasteiger partial charge in [-0.2, -0.15) is 0 Å². The standard InChI is InChI=1S/C11H12ClN3O/c1-9-13-5-6-15(9)7-8-16-10-3-2-4-14-11(10)12/h2-6H,7-8H2,1H3. The van der Waals surface area contributed by atoms with Gasteiger partial charge in [0, 0.05) is 18.6 Å². The number of aryl methyl sites for hydroxylation is 1. The summed E-state index contributed by atoms with van der Waals surface area (Å²) in [4.78, 5) is 8.06. The molecular formula is C11H12ClN3O. The van der Waals surface area contributed by atoms with E-state index in [1.54, 1.807) is 24.5 Å². The van der Waals surface area contributed by atoms with Crippen LogP contribution in [0.4, 0.5) is 0 Å². The predicted molar refractivity (Wildman–Crippen MR) is 61.7 cm³/mol. The first-order chi connectivity index (χ1) is 7.77. The number of aromatic nitrogens is 3. The topological polar surface area (TPSA) is 39.9 Å². The van der Waals surface area contributed by atoms with Crippen molar-refractivity contribution in [3.8, 4) is 5.75 Å². The maximum Gasteiger partial charge on any atom is 0.171 e. The fraction of sp³-hybridized carbons (Fsp3) is 0.273. The molecule has 16 heavy (non-hydrogen) atoms. The van der Waals surface area contributed by atoms with Gasteiger partial charge in [-0.1, -0.05) is 11.6 Å². The van der Waals surface area contributed by atoms with Crippen molar-refractivity contribution < 1.29 is 4.74 Å². The molecule has 0 saturated heterocycles. The van der Waals surface area contributed by atoms with Crippen molar-refractivity contribution >= 4 is 11.6 Å². The van der Waals surface area contributed by atoms with E-state index in [-0.39, 0.29) is 0 Å². The van der Waals surface area contributed by atoms with Crippen LogP contribution in [0.2, 0.25) is 5.15 Å². The minimum Gasteiger partial charge on any atom is -0.488 e. The van der Waals surface area contributed by atoms with Gasteiger partial charge in [0.05, 0.1) is 6.54 Å². The van der Waals surface area contributed by atoms with Gasteiger partial charge in [-0.25, -0.2) is 9.97 Å². The summed E-state index contributed by atoms with van der Waals surface area (Å²) in [5.74, 6) is 1.59. The lowest BCUT2D eigenvalue weighted by Gasteiger charge is -2.08. The summed E-state index contributed by atoms with van der Waals surface area (Å²) in [6, 6.07) is 3.60. The van der Waals surface area contributed by atoms with Gasteiger partial charge in [-0.3, -0.25) is 0 Å². The average molecular weight is 238 g/mol. The summed E-state index contributed by atoms with van der Waals surface area (Å²) in [6.07, 6.45) is 5.32. The van der Waals surface area contributed by atoms with E-state index < -0.39 is 0 Å². The Balaban J connectivity index is 1.89. The van der Waals surface area contributed by atoms with Gasteiger partial charge in [0.2, 0.25) is 0 Å². The fourth-order valence-corrected chi connectivity index (χ4v) is 1.55. The molecule has 0 spiro atoms. The first kappa shape index (κ1) is 11.0. The van der Waals surface area contributed by atoms with Gasteiger partial charge in [-0.15, -0.1) is 0 Å². The van der Waals surface area contributed by atoms with Crippen LogP contribution >= 0.6 is 11.6 Å². The highest BCUT2D eigenvalue weighted by Crippen LogP contribution is 2.20. The Bertz CT molecular complexity index is 470. The number of pyridine rings is 1. The summed E-state index contributed by atoms with van der Waals surface area (Å²) in [6.45, 7) is 3.25. The lowest BCUT2D eigenvalue weighted by atomic mass is 10.4. The molecule has 0 radical (unpaired) electrons. The van der Waals surface area contributed by atoms with Crippen LogP contribution in [0.1, 0.15) is 5.82 Å². The van der Waals surface area contributed by atoms with Crippen LogP contribution in [-0.2, 0) is 6.54 Å². The third-order valence-corrected chi connectivity index (χ3v) is 2.52. The van der Waals surface area contributed by atoms with Crippen molar-refractivity contribution in [1.82, 2.24) is 14.5 Å². The lowest BCUT2D eigenvalue weighted by Crippen LogP contribution is -2.09. The van der Waals surface area contributed by atoms with E-state index in [9.17, 15) is 0 Å². The first-order valence-electron chi connectivity index (χ1n) is 4.98. The number of rotatable bonds is 4. The SMILES string of the molecule is Cc1nccn1CCOc1cccnc1Cl. The maximum atomic E-state index is 5.86. The van der Waals surface area contributed by atoms with Crippen LogP contribution in [0.5, 0.6) is 5.75 Å². The number of imidazole rings is 1. The van der Waals surface area contributed by atoms with E-state index >= 15 is 0 Å². The predicted octanol–water partition coefficient (Wildman–Crippen LogP) is 2.32. The molecule has 0 aliphatic carbocycles. The summed E-state index contributed by atoms with van der Waals surface area (Å²) >= 11 is 5.86. The molecule has 0 aliphatic heterocycles. The summed E-state index contributed by atoms with van der Waals surface area (Å²) in [5, 5.41) is 0.393. The van der Waals surface area contributed by atoms with Gasteiger partial charge in [0.25, 0.3) is 0 Å². The number of hydrogen-bond donors (Lipinski definition) is 0. The van der Waals surface area contributed by atoms with Crippen LogP contribution in [0.3, 0.4) is 0 Å². The first-order valence-corrected chi connectivity index (χ1v) is 5.36.